The lowest BCUT2D eigenvalue weighted by molar-refractivity contribution is -0.129. The Morgan fingerprint density at radius 1 is 1.27 bits per heavy atom. The molecule has 0 aliphatic rings. The summed E-state index contributed by atoms with van der Waals surface area (Å²) in [7, 11) is 3.34. The molecule has 0 unspecified atom stereocenters. The highest BCUT2D eigenvalue weighted by Crippen LogP contribution is 2.18. The summed E-state index contributed by atoms with van der Waals surface area (Å²) in [6.45, 7) is 3.28. The molecule has 8 nitrogen and oxygen atoms in total. The van der Waals surface area contributed by atoms with Crippen LogP contribution in [0.2, 0.25) is 0 Å². The van der Waals surface area contributed by atoms with Crippen LogP contribution in [0.5, 0.6) is 0 Å². The van der Waals surface area contributed by atoms with Crippen LogP contribution in [-0.4, -0.2) is 60.7 Å². The van der Waals surface area contributed by atoms with Crippen molar-refractivity contribution in [2.24, 2.45) is 0 Å². The Morgan fingerprint density at radius 2 is 2.00 bits per heavy atom. The third-order valence-electron chi connectivity index (χ3n) is 3.85. The number of amides is 2. The van der Waals surface area contributed by atoms with Crippen molar-refractivity contribution in [2.75, 3.05) is 33.9 Å². The van der Waals surface area contributed by atoms with Crippen LogP contribution in [0, 0.1) is 0 Å². The largest absolute Gasteiger partial charge is 0.383 e. The van der Waals surface area contributed by atoms with Crippen LogP contribution in [-0.2, 0) is 16.0 Å². The number of aromatic nitrogens is 2. The average Bonchev–Trinajstić information content (AvgIpc) is 3.14. The maximum Gasteiger partial charge on any atom is 0.257 e. The summed E-state index contributed by atoms with van der Waals surface area (Å²) in [4.78, 5) is 29.5. The predicted octanol–water partition coefficient (Wildman–Crippen LogP) is 1.52. The number of ether oxygens (including phenoxy) is 1. The van der Waals surface area contributed by atoms with Crippen molar-refractivity contribution in [3.05, 3.63) is 35.7 Å². The highest BCUT2D eigenvalue weighted by atomic mass is 16.5. The van der Waals surface area contributed by atoms with E-state index >= 15 is 0 Å². The molecule has 0 fully saturated rings. The third-order valence-corrected chi connectivity index (χ3v) is 3.85. The second-order valence-electron chi connectivity index (χ2n) is 5.76. The summed E-state index contributed by atoms with van der Waals surface area (Å²) in [5.74, 6) is 0.837. The van der Waals surface area contributed by atoms with Gasteiger partial charge in [-0.3, -0.25) is 9.59 Å². The molecule has 1 aromatic heterocycles. The molecule has 2 rings (SSSR count). The van der Waals surface area contributed by atoms with E-state index in [1.807, 2.05) is 6.92 Å². The van der Waals surface area contributed by atoms with Gasteiger partial charge in [0.05, 0.1) is 6.61 Å². The van der Waals surface area contributed by atoms with Crippen molar-refractivity contribution in [2.45, 2.75) is 19.8 Å². The molecule has 0 saturated heterocycles. The van der Waals surface area contributed by atoms with Crippen molar-refractivity contribution in [3.8, 4) is 11.5 Å². The predicted molar refractivity (Wildman–Crippen MR) is 95.6 cm³/mol. The van der Waals surface area contributed by atoms with Gasteiger partial charge in [-0.25, -0.2) is 0 Å². The first-order valence-corrected chi connectivity index (χ1v) is 8.49. The molecule has 26 heavy (non-hydrogen) atoms. The molecule has 0 atom stereocenters. The molecule has 1 aromatic carbocycles. The van der Waals surface area contributed by atoms with E-state index in [-0.39, 0.29) is 11.8 Å². The van der Waals surface area contributed by atoms with Crippen LogP contribution in [0.4, 0.5) is 0 Å². The van der Waals surface area contributed by atoms with E-state index in [9.17, 15) is 9.59 Å². The second kappa shape index (κ2) is 9.67. The van der Waals surface area contributed by atoms with E-state index in [1.165, 1.54) is 0 Å². The average molecular weight is 360 g/mol. The number of methoxy groups -OCH3 is 1. The zero-order chi connectivity index (χ0) is 18.9. The Balaban J connectivity index is 1.94. The standard InChI is InChI=1S/C18H24N4O4/c1-4-16(23)22(2)11-9-15-20-18(26-21-15)14-7-5-13(6-8-14)17(24)19-10-12-25-3/h5-8H,4,9-12H2,1-3H3,(H,19,24). The minimum atomic E-state index is -0.163. The van der Waals surface area contributed by atoms with Gasteiger partial charge in [0.1, 0.15) is 0 Å². The Morgan fingerprint density at radius 3 is 2.65 bits per heavy atom. The molecule has 2 amide bonds. The number of nitrogens with one attached hydrogen (secondary N) is 1. The normalized spacial score (nSPS) is 10.6. The van der Waals surface area contributed by atoms with E-state index in [2.05, 4.69) is 15.5 Å². The van der Waals surface area contributed by atoms with Gasteiger partial charge in [0.25, 0.3) is 11.8 Å². The van der Waals surface area contributed by atoms with Crippen molar-refractivity contribution < 1.29 is 18.8 Å². The molecular weight excluding hydrogens is 336 g/mol. The molecule has 0 saturated carbocycles. The number of likely N-dealkylation sites (N-methyl/N-ethyl adjacent to an activating group) is 1. The van der Waals surface area contributed by atoms with Crippen LogP contribution in [0.25, 0.3) is 11.5 Å². The molecule has 1 heterocycles. The van der Waals surface area contributed by atoms with Gasteiger partial charge in [-0.1, -0.05) is 12.1 Å². The maximum absolute atomic E-state index is 11.9. The molecule has 2 aromatic rings. The number of rotatable bonds is 9. The number of carbonyl (C=O) groups is 2. The number of nitrogens with zero attached hydrogens (tertiary/aromatic N) is 3. The van der Waals surface area contributed by atoms with E-state index in [0.717, 1.165) is 5.56 Å². The molecule has 0 spiro atoms. The van der Waals surface area contributed by atoms with Crippen molar-refractivity contribution >= 4 is 11.8 Å². The summed E-state index contributed by atoms with van der Waals surface area (Å²) in [5.41, 5.74) is 1.28. The lowest BCUT2D eigenvalue weighted by atomic mass is 10.1. The van der Waals surface area contributed by atoms with Crippen LogP contribution in [0.3, 0.4) is 0 Å². The highest BCUT2D eigenvalue weighted by Gasteiger charge is 2.12. The van der Waals surface area contributed by atoms with Gasteiger partial charge < -0.3 is 19.5 Å². The topological polar surface area (TPSA) is 97.6 Å². The number of hydrogen-bond acceptors (Lipinski definition) is 6. The lowest BCUT2D eigenvalue weighted by Gasteiger charge is -2.14. The molecule has 1 N–H and O–H groups in total. The fourth-order valence-corrected chi connectivity index (χ4v) is 2.27. The van der Waals surface area contributed by atoms with Crippen molar-refractivity contribution in [1.29, 1.82) is 0 Å². The van der Waals surface area contributed by atoms with Crippen molar-refractivity contribution in [3.63, 3.8) is 0 Å². The number of hydrogen-bond donors (Lipinski definition) is 1. The quantitative estimate of drug-likeness (QED) is 0.681. The smallest absolute Gasteiger partial charge is 0.257 e. The van der Waals surface area contributed by atoms with Crippen LogP contribution in [0.15, 0.2) is 28.8 Å². The summed E-state index contributed by atoms with van der Waals surface area (Å²) in [6, 6.07) is 6.93. The van der Waals surface area contributed by atoms with Crippen LogP contribution < -0.4 is 5.32 Å². The van der Waals surface area contributed by atoms with Gasteiger partial charge in [-0.15, -0.1) is 0 Å². The fourth-order valence-electron chi connectivity index (χ4n) is 2.27. The van der Waals surface area contributed by atoms with Gasteiger partial charge >= 0.3 is 0 Å². The Hall–Kier alpha value is -2.74. The number of carbonyl (C=O) groups excluding carboxylic acids is 2. The van der Waals surface area contributed by atoms with Crippen molar-refractivity contribution in [1.82, 2.24) is 20.4 Å². The van der Waals surface area contributed by atoms with Gasteiger partial charge in [0, 0.05) is 51.2 Å². The van der Waals surface area contributed by atoms with Gasteiger partial charge in [0.2, 0.25) is 5.91 Å². The van der Waals surface area contributed by atoms with Crippen LogP contribution in [0.1, 0.15) is 29.5 Å². The molecule has 8 heteroatoms. The van der Waals surface area contributed by atoms with E-state index in [4.69, 9.17) is 9.26 Å². The summed E-state index contributed by atoms with van der Waals surface area (Å²) in [5, 5.41) is 6.70. The monoisotopic (exact) mass is 360 g/mol. The van der Waals surface area contributed by atoms with Gasteiger partial charge in [0.15, 0.2) is 5.82 Å². The molecule has 0 radical (unpaired) electrons. The highest BCUT2D eigenvalue weighted by molar-refractivity contribution is 5.94. The van der Waals surface area contributed by atoms with Gasteiger partial charge in [-0.05, 0) is 24.3 Å². The summed E-state index contributed by atoms with van der Waals surface area (Å²) in [6.07, 6.45) is 0.991. The fraction of sp³-hybridized carbons (Fsp3) is 0.444. The minimum Gasteiger partial charge on any atom is -0.383 e. The summed E-state index contributed by atoms with van der Waals surface area (Å²) < 4.78 is 10.2. The molecular formula is C18H24N4O4. The van der Waals surface area contributed by atoms with E-state index < -0.39 is 0 Å². The Kier molecular flexibility index (Phi) is 7.28. The molecule has 0 aliphatic carbocycles. The Labute approximate surface area is 152 Å². The Bertz CT molecular complexity index is 727. The van der Waals surface area contributed by atoms with E-state index in [0.29, 0.717) is 49.8 Å². The maximum atomic E-state index is 11.9. The minimum absolute atomic E-state index is 0.0769. The molecule has 0 bridgehead atoms. The SMILES string of the molecule is CCC(=O)N(C)CCc1noc(-c2ccc(C(=O)NCCOC)cc2)n1. The van der Waals surface area contributed by atoms with Crippen LogP contribution >= 0.6 is 0 Å². The third kappa shape index (κ3) is 5.38. The van der Waals surface area contributed by atoms with E-state index in [1.54, 1.807) is 43.3 Å². The summed E-state index contributed by atoms with van der Waals surface area (Å²) >= 11 is 0. The first-order chi connectivity index (χ1) is 12.5. The first kappa shape index (κ1) is 19.6. The molecule has 0 aliphatic heterocycles. The molecule has 140 valence electrons. The van der Waals surface area contributed by atoms with Gasteiger partial charge in [-0.2, -0.15) is 4.98 Å². The first-order valence-electron chi connectivity index (χ1n) is 8.49. The number of benzene rings is 1. The second-order valence-corrected chi connectivity index (χ2v) is 5.76. The zero-order valence-corrected chi connectivity index (χ0v) is 15.3. The zero-order valence-electron chi connectivity index (χ0n) is 15.3. The lowest BCUT2D eigenvalue weighted by Crippen LogP contribution is -2.28.